The van der Waals surface area contributed by atoms with Gasteiger partial charge in [-0.3, -0.25) is 4.79 Å². The van der Waals surface area contributed by atoms with Crippen LogP contribution in [0.2, 0.25) is 0 Å². The Bertz CT molecular complexity index is 204. The number of rotatable bonds is 3. The molecule has 0 radical (unpaired) electrons. The van der Waals surface area contributed by atoms with Crippen molar-refractivity contribution >= 4 is 17.7 Å². The number of carbonyl (C=O) groups is 1. The maximum atomic E-state index is 11.0. The Kier molecular flexibility index (Phi) is 3.70. The minimum Gasteiger partial charge on any atom is -0.356 e. The number of amides is 1. The third-order valence-corrected chi connectivity index (χ3v) is 4.13. The fourth-order valence-corrected chi connectivity index (χ4v) is 3.15. The minimum atomic E-state index is 0.217. The van der Waals surface area contributed by atoms with Crippen molar-refractivity contribution in [2.24, 2.45) is 5.92 Å². The highest BCUT2D eigenvalue weighted by Gasteiger charge is 2.22. The van der Waals surface area contributed by atoms with Gasteiger partial charge in [-0.1, -0.05) is 0 Å². The van der Waals surface area contributed by atoms with Gasteiger partial charge in [0.1, 0.15) is 0 Å². The third-order valence-electron chi connectivity index (χ3n) is 2.92. The molecule has 1 amide bonds. The normalized spacial score (nSPS) is 33.0. The summed E-state index contributed by atoms with van der Waals surface area (Å²) in [5.41, 5.74) is 0. The molecule has 2 unspecified atom stereocenters. The molecule has 0 aliphatic carbocycles. The zero-order chi connectivity index (χ0) is 9.80. The van der Waals surface area contributed by atoms with Crippen LogP contribution in [0, 0.1) is 5.92 Å². The van der Waals surface area contributed by atoms with Crippen molar-refractivity contribution < 1.29 is 4.79 Å². The number of thioether (sulfide) groups is 1. The van der Waals surface area contributed by atoms with Crippen LogP contribution < -0.4 is 10.6 Å². The molecule has 80 valence electrons. The summed E-state index contributed by atoms with van der Waals surface area (Å²) in [7, 11) is 0. The summed E-state index contributed by atoms with van der Waals surface area (Å²) in [6, 6.07) is 0.685. The van der Waals surface area contributed by atoms with Crippen molar-refractivity contribution in [3.8, 4) is 0 Å². The first-order valence-corrected chi connectivity index (χ1v) is 6.58. The first kappa shape index (κ1) is 10.3. The monoisotopic (exact) mass is 214 g/mol. The van der Waals surface area contributed by atoms with Gasteiger partial charge in [0.15, 0.2) is 0 Å². The first-order chi connectivity index (χ1) is 6.84. The van der Waals surface area contributed by atoms with Crippen LogP contribution in [0.3, 0.4) is 0 Å². The number of carbonyl (C=O) groups excluding carboxylic acids is 1. The second kappa shape index (κ2) is 5.03. The fourth-order valence-electron chi connectivity index (χ4n) is 2.04. The van der Waals surface area contributed by atoms with Crippen molar-refractivity contribution in [3.05, 3.63) is 0 Å². The van der Waals surface area contributed by atoms with Gasteiger partial charge in [-0.25, -0.2) is 0 Å². The highest BCUT2D eigenvalue weighted by atomic mass is 32.2. The maximum Gasteiger partial charge on any atom is 0.220 e. The van der Waals surface area contributed by atoms with E-state index in [-0.39, 0.29) is 5.91 Å². The summed E-state index contributed by atoms with van der Waals surface area (Å²) >= 11 is 2.04. The molecule has 2 heterocycles. The van der Waals surface area contributed by atoms with Gasteiger partial charge in [-0.15, -0.1) is 0 Å². The summed E-state index contributed by atoms with van der Waals surface area (Å²) in [5.74, 6) is 3.31. The summed E-state index contributed by atoms with van der Waals surface area (Å²) < 4.78 is 0. The second-order valence-corrected chi connectivity index (χ2v) is 5.35. The topological polar surface area (TPSA) is 41.1 Å². The van der Waals surface area contributed by atoms with Gasteiger partial charge in [-0.05, 0) is 24.5 Å². The molecule has 0 bridgehead atoms. The van der Waals surface area contributed by atoms with Crippen molar-refractivity contribution in [3.63, 3.8) is 0 Å². The van der Waals surface area contributed by atoms with E-state index in [9.17, 15) is 4.79 Å². The van der Waals surface area contributed by atoms with E-state index < -0.39 is 0 Å². The maximum absolute atomic E-state index is 11.0. The predicted octanol–water partition coefficient (Wildman–Crippen LogP) is 0.608. The van der Waals surface area contributed by atoms with Crippen LogP contribution in [0.5, 0.6) is 0 Å². The lowest BCUT2D eigenvalue weighted by Gasteiger charge is -2.23. The van der Waals surface area contributed by atoms with Gasteiger partial charge >= 0.3 is 0 Å². The van der Waals surface area contributed by atoms with E-state index in [1.165, 1.54) is 24.3 Å². The smallest absolute Gasteiger partial charge is 0.220 e. The Morgan fingerprint density at radius 2 is 2.50 bits per heavy atom. The van der Waals surface area contributed by atoms with Gasteiger partial charge in [0.25, 0.3) is 0 Å². The molecule has 14 heavy (non-hydrogen) atoms. The number of nitrogens with one attached hydrogen (secondary N) is 2. The van der Waals surface area contributed by atoms with Gasteiger partial charge in [0.2, 0.25) is 5.91 Å². The molecule has 2 atom stereocenters. The van der Waals surface area contributed by atoms with Gasteiger partial charge in [0, 0.05) is 31.3 Å². The molecule has 2 rings (SSSR count). The molecule has 0 aromatic heterocycles. The molecule has 2 saturated heterocycles. The molecule has 2 N–H and O–H groups in total. The molecule has 0 aromatic rings. The SMILES string of the molecule is O=C1CC(CNC2CCCSC2)CN1. The number of hydrogen-bond acceptors (Lipinski definition) is 3. The minimum absolute atomic E-state index is 0.217. The van der Waals surface area contributed by atoms with E-state index in [1.54, 1.807) is 0 Å². The molecule has 3 nitrogen and oxygen atoms in total. The van der Waals surface area contributed by atoms with Gasteiger partial charge in [0.05, 0.1) is 0 Å². The Hall–Kier alpha value is -0.220. The largest absolute Gasteiger partial charge is 0.356 e. The lowest BCUT2D eigenvalue weighted by molar-refractivity contribution is -0.119. The molecular weight excluding hydrogens is 196 g/mol. The highest BCUT2D eigenvalue weighted by Crippen LogP contribution is 2.17. The van der Waals surface area contributed by atoms with Crippen LogP contribution in [-0.2, 0) is 4.79 Å². The lowest BCUT2D eigenvalue weighted by Crippen LogP contribution is -2.37. The van der Waals surface area contributed by atoms with Crippen molar-refractivity contribution in [1.29, 1.82) is 0 Å². The standard InChI is InChI=1S/C10H18N2OS/c13-10-4-8(6-12-10)5-11-9-2-1-3-14-7-9/h8-9,11H,1-7H2,(H,12,13). The van der Waals surface area contributed by atoms with Crippen LogP contribution in [0.1, 0.15) is 19.3 Å². The summed E-state index contributed by atoms with van der Waals surface area (Å²) in [4.78, 5) is 11.0. The van der Waals surface area contributed by atoms with E-state index >= 15 is 0 Å². The van der Waals surface area contributed by atoms with Crippen molar-refractivity contribution in [2.45, 2.75) is 25.3 Å². The molecule has 0 saturated carbocycles. The van der Waals surface area contributed by atoms with Gasteiger partial charge < -0.3 is 10.6 Å². The summed E-state index contributed by atoms with van der Waals surface area (Å²) in [5, 5.41) is 6.44. The molecule has 4 heteroatoms. The molecule has 0 aromatic carbocycles. The molecule has 2 aliphatic heterocycles. The van der Waals surface area contributed by atoms with Gasteiger partial charge in [-0.2, -0.15) is 11.8 Å². The molecule has 0 spiro atoms. The Labute approximate surface area is 89.4 Å². The Morgan fingerprint density at radius 3 is 3.14 bits per heavy atom. The van der Waals surface area contributed by atoms with E-state index in [1.807, 2.05) is 11.8 Å². The summed E-state index contributed by atoms with van der Waals surface area (Å²) in [6.07, 6.45) is 3.36. The molecular formula is C10H18N2OS. The lowest BCUT2D eigenvalue weighted by atomic mass is 10.1. The second-order valence-electron chi connectivity index (χ2n) is 4.20. The average molecular weight is 214 g/mol. The summed E-state index contributed by atoms with van der Waals surface area (Å²) in [6.45, 7) is 1.87. The Balaban J connectivity index is 1.63. The average Bonchev–Trinajstić information content (AvgIpc) is 2.63. The number of hydrogen-bond donors (Lipinski definition) is 2. The first-order valence-electron chi connectivity index (χ1n) is 5.42. The zero-order valence-electron chi connectivity index (χ0n) is 8.42. The van der Waals surface area contributed by atoms with Crippen LogP contribution in [0.25, 0.3) is 0 Å². The highest BCUT2D eigenvalue weighted by molar-refractivity contribution is 7.99. The zero-order valence-corrected chi connectivity index (χ0v) is 9.24. The predicted molar refractivity (Wildman–Crippen MR) is 59.5 cm³/mol. The van der Waals surface area contributed by atoms with Crippen LogP contribution in [-0.4, -0.2) is 36.5 Å². The van der Waals surface area contributed by atoms with Crippen LogP contribution in [0.15, 0.2) is 0 Å². The quantitative estimate of drug-likeness (QED) is 0.723. The van der Waals surface area contributed by atoms with Crippen molar-refractivity contribution in [1.82, 2.24) is 10.6 Å². The van der Waals surface area contributed by atoms with Crippen molar-refractivity contribution in [2.75, 3.05) is 24.6 Å². The van der Waals surface area contributed by atoms with E-state index in [0.29, 0.717) is 18.4 Å². The van der Waals surface area contributed by atoms with Crippen LogP contribution in [0.4, 0.5) is 0 Å². The van der Waals surface area contributed by atoms with E-state index in [4.69, 9.17) is 0 Å². The van der Waals surface area contributed by atoms with E-state index in [2.05, 4.69) is 10.6 Å². The molecule has 2 fully saturated rings. The molecule has 2 aliphatic rings. The van der Waals surface area contributed by atoms with E-state index in [0.717, 1.165) is 13.1 Å². The van der Waals surface area contributed by atoms with Crippen LogP contribution >= 0.6 is 11.8 Å². The third kappa shape index (κ3) is 2.89. The Morgan fingerprint density at radius 1 is 1.57 bits per heavy atom. The fraction of sp³-hybridized carbons (Fsp3) is 0.900.